The van der Waals surface area contributed by atoms with Crippen LogP contribution in [0.2, 0.25) is 0 Å². The average molecular weight is 275 g/mol. The molecule has 0 aliphatic carbocycles. The molecule has 0 bridgehead atoms. The minimum Gasteiger partial charge on any atom is -0.497 e. The maximum atomic E-state index is 12.0. The summed E-state index contributed by atoms with van der Waals surface area (Å²) in [5.41, 5.74) is 1.22. The van der Waals surface area contributed by atoms with E-state index in [4.69, 9.17) is 4.74 Å². The van der Waals surface area contributed by atoms with Crippen molar-refractivity contribution in [2.45, 2.75) is 31.7 Å². The molecule has 1 aliphatic rings. The third-order valence-corrected chi connectivity index (χ3v) is 3.83. The summed E-state index contributed by atoms with van der Waals surface area (Å²) < 4.78 is 5.11. The molecule has 0 aromatic heterocycles. The molecule has 2 rings (SSSR count). The molecule has 1 aromatic carbocycles. The lowest BCUT2D eigenvalue weighted by Gasteiger charge is -2.07. The summed E-state index contributed by atoms with van der Waals surface area (Å²) in [6.45, 7) is 0.644. The lowest BCUT2D eigenvalue weighted by Crippen LogP contribution is -2.22. The number of aryl methyl sites for hydroxylation is 1. The molecule has 0 spiro atoms. The highest BCUT2D eigenvalue weighted by Crippen LogP contribution is 2.18. The topological polar surface area (TPSA) is 55.4 Å². The van der Waals surface area contributed by atoms with Gasteiger partial charge in [-0.25, -0.2) is 0 Å². The number of hydrogen-bond donors (Lipinski definition) is 1. The van der Waals surface area contributed by atoms with E-state index in [0.29, 0.717) is 19.4 Å². The molecule has 0 amide bonds. The molecular weight excluding hydrogens is 254 g/mol. The number of benzene rings is 1. The van der Waals surface area contributed by atoms with Gasteiger partial charge in [-0.3, -0.25) is 4.79 Å². The Kier molecular flexibility index (Phi) is 5.30. The molecule has 1 heterocycles. The van der Waals surface area contributed by atoms with Crippen molar-refractivity contribution in [3.05, 3.63) is 29.8 Å². The Morgan fingerprint density at radius 1 is 1.40 bits per heavy atom. The number of methoxy groups -OCH3 is 1. The zero-order valence-electron chi connectivity index (χ0n) is 11.8. The number of hydrogen-bond acceptors (Lipinski definition) is 4. The van der Waals surface area contributed by atoms with Crippen molar-refractivity contribution in [1.82, 2.24) is 5.32 Å². The number of aldehydes is 1. The SMILES string of the molecule is COc1ccc(CCCC(=O)C2CN[C@H](C=O)C2)cc1. The molecule has 0 radical (unpaired) electrons. The summed E-state index contributed by atoms with van der Waals surface area (Å²) in [7, 11) is 1.65. The van der Waals surface area contributed by atoms with Crippen molar-refractivity contribution >= 4 is 12.1 Å². The fraction of sp³-hybridized carbons (Fsp3) is 0.500. The van der Waals surface area contributed by atoms with Crippen LogP contribution in [0.3, 0.4) is 0 Å². The molecule has 1 aliphatic heterocycles. The van der Waals surface area contributed by atoms with Gasteiger partial charge in [0.05, 0.1) is 13.2 Å². The second-order valence-corrected chi connectivity index (χ2v) is 5.25. The first-order valence-corrected chi connectivity index (χ1v) is 7.07. The predicted molar refractivity (Wildman–Crippen MR) is 76.9 cm³/mol. The molecular formula is C16H21NO3. The maximum Gasteiger partial charge on any atom is 0.137 e. The molecule has 4 nitrogen and oxygen atoms in total. The van der Waals surface area contributed by atoms with E-state index in [2.05, 4.69) is 5.32 Å². The van der Waals surface area contributed by atoms with Crippen molar-refractivity contribution in [1.29, 1.82) is 0 Å². The largest absolute Gasteiger partial charge is 0.497 e. The number of ketones is 1. The van der Waals surface area contributed by atoms with Crippen LogP contribution >= 0.6 is 0 Å². The number of Topliss-reactive ketones (excluding diaryl/α,β-unsaturated/α-hetero) is 1. The van der Waals surface area contributed by atoms with E-state index in [0.717, 1.165) is 24.9 Å². The van der Waals surface area contributed by atoms with Crippen LogP contribution in [0.1, 0.15) is 24.8 Å². The van der Waals surface area contributed by atoms with Crippen molar-refractivity contribution in [2.75, 3.05) is 13.7 Å². The van der Waals surface area contributed by atoms with Crippen LogP contribution in [-0.2, 0) is 16.0 Å². The Morgan fingerprint density at radius 3 is 2.75 bits per heavy atom. The van der Waals surface area contributed by atoms with Gasteiger partial charge in [0.25, 0.3) is 0 Å². The van der Waals surface area contributed by atoms with E-state index < -0.39 is 0 Å². The van der Waals surface area contributed by atoms with Gasteiger partial charge in [0, 0.05) is 18.9 Å². The lowest BCUT2D eigenvalue weighted by atomic mass is 9.96. The molecule has 4 heteroatoms. The molecule has 2 atom stereocenters. The van der Waals surface area contributed by atoms with Crippen LogP contribution in [0.25, 0.3) is 0 Å². The molecule has 1 N–H and O–H groups in total. The van der Waals surface area contributed by atoms with Crippen LogP contribution < -0.4 is 10.1 Å². The zero-order valence-corrected chi connectivity index (χ0v) is 11.8. The van der Waals surface area contributed by atoms with Gasteiger partial charge in [0.1, 0.15) is 17.8 Å². The Labute approximate surface area is 119 Å². The van der Waals surface area contributed by atoms with Gasteiger partial charge in [0.2, 0.25) is 0 Å². The average Bonchev–Trinajstić information content (AvgIpc) is 2.97. The van der Waals surface area contributed by atoms with Crippen molar-refractivity contribution in [3.8, 4) is 5.75 Å². The van der Waals surface area contributed by atoms with Crippen LogP contribution in [0.4, 0.5) is 0 Å². The summed E-state index contributed by atoms with van der Waals surface area (Å²) in [5.74, 6) is 1.14. The van der Waals surface area contributed by atoms with Crippen LogP contribution in [0, 0.1) is 5.92 Å². The fourth-order valence-corrected chi connectivity index (χ4v) is 2.58. The zero-order chi connectivity index (χ0) is 14.4. The highest BCUT2D eigenvalue weighted by molar-refractivity contribution is 5.82. The summed E-state index contributed by atoms with van der Waals surface area (Å²) in [5, 5.41) is 3.06. The van der Waals surface area contributed by atoms with Gasteiger partial charge in [-0.15, -0.1) is 0 Å². The van der Waals surface area contributed by atoms with Crippen molar-refractivity contribution in [3.63, 3.8) is 0 Å². The smallest absolute Gasteiger partial charge is 0.137 e. The molecule has 1 aromatic rings. The first kappa shape index (κ1) is 14.7. The summed E-state index contributed by atoms with van der Waals surface area (Å²) in [6, 6.07) is 7.80. The number of rotatable bonds is 7. The number of carbonyl (C=O) groups is 2. The molecule has 108 valence electrons. The maximum absolute atomic E-state index is 12.0. The number of ether oxygens (including phenoxy) is 1. The normalized spacial score (nSPS) is 21.6. The first-order valence-electron chi connectivity index (χ1n) is 7.07. The summed E-state index contributed by atoms with van der Waals surface area (Å²) in [4.78, 5) is 22.7. The van der Waals surface area contributed by atoms with Gasteiger partial charge in [-0.2, -0.15) is 0 Å². The summed E-state index contributed by atoms with van der Waals surface area (Å²) >= 11 is 0. The van der Waals surface area contributed by atoms with Crippen molar-refractivity contribution < 1.29 is 14.3 Å². The Hall–Kier alpha value is -1.68. The highest BCUT2D eigenvalue weighted by atomic mass is 16.5. The Balaban J connectivity index is 1.72. The van der Waals surface area contributed by atoms with E-state index >= 15 is 0 Å². The minimum absolute atomic E-state index is 0.0149. The van der Waals surface area contributed by atoms with Gasteiger partial charge < -0.3 is 14.8 Å². The standard InChI is InChI=1S/C16H21NO3/c1-20-15-7-5-12(6-8-15)3-2-4-16(19)13-9-14(11-18)17-10-13/h5-8,11,13-14,17H,2-4,9-10H2,1H3/t13?,14-/m0/s1. The van der Waals surface area contributed by atoms with Gasteiger partial charge in [0.15, 0.2) is 0 Å². The van der Waals surface area contributed by atoms with E-state index in [1.165, 1.54) is 5.56 Å². The van der Waals surface area contributed by atoms with Crippen LogP contribution in [0.5, 0.6) is 5.75 Å². The molecule has 0 saturated carbocycles. The quantitative estimate of drug-likeness (QED) is 0.770. The van der Waals surface area contributed by atoms with Crippen LogP contribution in [-0.4, -0.2) is 31.8 Å². The van der Waals surface area contributed by atoms with E-state index in [1.54, 1.807) is 7.11 Å². The van der Waals surface area contributed by atoms with Gasteiger partial charge in [-0.05, 0) is 37.0 Å². The lowest BCUT2D eigenvalue weighted by molar-refractivity contribution is -0.122. The van der Waals surface area contributed by atoms with E-state index in [1.807, 2.05) is 24.3 Å². The number of carbonyl (C=O) groups excluding carboxylic acids is 2. The second-order valence-electron chi connectivity index (χ2n) is 5.25. The molecule has 1 saturated heterocycles. The van der Waals surface area contributed by atoms with Crippen LogP contribution in [0.15, 0.2) is 24.3 Å². The minimum atomic E-state index is -0.134. The molecule has 1 unspecified atom stereocenters. The van der Waals surface area contributed by atoms with E-state index in [-0.39, 0.29) is 17.7 Å². The highest BCUT2D eigenvalue weighted by Gasteiger charge is 2.28. The van der Waals surface area contributed by atoms with E-state index in [9.17, 15) is 9.59 Å². The van der Waals surface area contributed by atoms with Gasteiger partial charge in [-0.1, -0.05) is 12.1 Å². The van der Waals surface area contributed by atoms with Gasteiger partial charge >= 0.3 is 0 Å². The Morgan fingerprint density at radius 2 is 2.15 bits per heavy atom. The second kappa shape index (κ2) is 7.20. The molecule has 1 fully saturated rings. The predicted octanol–water partition coefficient (Wildman–Crippen LogP) is 1.76. The monoisotopic (exact) mass is 275 g/mol. The number of nitrogens with one attached hydrogen (secondary N) is 1. The third-order valence-electron chi connectivity index (χ3n) is 3.83. The molecule has 20 heavy (non-hydrogen) atoms. The summed E-state index contributed by atoms with van der Waals surface area (Å²) in [6.07, 6.45) is 3.89. The first-order chi connectivity index (χ1) is 9.72. The van der Waals surface area contributed by atoms with Crippen molar-refractivity contribution in [2.24, 2.45) is 5.92 Å². The third kappa shape index (κ3) is 3.90. The Bertz CT molecular complexity index is 455. The fourth-order valence-electron chi connectivity index (χ4n) is 2.58.